The summed E-state index contributed by atoms with van der Waals surface area (Å²) in [5.74, 6) is 0.0244. The summed E-state index contributed by atoms with van der Waals surface area (Å²) in [6, 6.07) is 3.99. The van der Waals surface area contributed by atoms with Crippen LogP contribution in [0, 0.1) is 0 Å². The van der Waals surface area contributed by atoms with E-state index in [0.717, 1.165) is 23.2 Å². The maximum atomic E-state index is 13.1. The predicted molar refractivity (Wildman–Crippen MR) is 117 cm³/mol. The van der Waals surface area contributed by atoms with Crippen LogP contribution in [-0.2, 0) is 29.8 Å². The van der Waals surface area contributed by atoms with Crippen LogP contribution >= 0.6 is 0 Å². The lowest BCUT2D eigenvalue weighted by molar-refractivity contribution is -0.137. The zero-order valence-electron chi connectivity index (χ0n) is 17.9. The predicted octanol–water partition coefficient (Wildman–Crippen LogP) is 3.28. The first-order chi connectivity index (χ1) is 14.6. The largest absolute Gasteiger partial charge is 0.416 e. The molecule has 0 bridgehead atoms. The van der Waals surface area contributed by atoms with Crippen molar-refractivity contribution < 1.29 is 17.4 Å². The van der Waals surface area contributed by atoms with Gasteiger partial charge in [0, 0.05) is 42.8 Å². The highest BCUT2D eigenvalue weighted by Crippen LogP contribution is 2.39. The molecule has 0 fully saturated rings. The number of thiol groups is 1. The average molecular weight is 455 g/mol. The zero-order chi connectivity index (χ0) is 22.4. The van der Waals surface area contributed by atoms with E-state index in [1.54, 1.807) is 25.7 Å². The second-order valence-electron chi connectivity index (χ2n) is 8.67. The minimum atomic E-state index is -4.33. The van der Waals surface area contributed by atoms with Crippen LogP contribution in [0.2, 0.25) is 0 Å². The van der Waals surface area contributed by atoms with Crippen LogP contribution in [0.5, 0.6) is 0 Å². The Balaban J connectivity index is 1.60. The molecule has 31 heavy (non-hydrogen) atoms. The molecule has 0 aliphatic heterocycles. The fourth-order valence-electron chi connectivity index (χ4n) is 4.70. The molecule has 1 aromatic carbocycles. The Morgan fingerprint density at radius 3 is 2.68 bits per heavy atom. The highest BCUT2D eigenvalue weighted by molar-refractivity contribution is 8.01. The summed E-state index contributed by atoms with van der Waals surface area (Å²) in [5, 5.41) is 3.56. The minimum Gasteiger partial charge on any atom is -0.340 e. The Hall–Kier alpha value is -1.97. The van der Waals surface area contributed by atoms with Gasteiger partial charge in [-0.3, -0.25) is 8.93 Å². The van der Waals surface area contributed by atoms with Crippen molar-refractivity contribution >= 4 is 10.1 Å². The molecule has 5 nitrogen and oxygen atoms in total. The summed E-state index contributed by atoms with van der Waals surface area (Å²) < 4.78 is 57.0. The van der Waals surface area contributed by atoms with Crippen LogP contribution in [0.3, 0.4) is 0 Å². The molecule has 9 heteroatoms. The molecule has 1 aromatic heterocycles. The lowest BCUT2D eigenvalue weighted by Gasteiger charge is -2.37. The maximum absolute atomic E-state index is 13.1. The van der Waals surface area contributed by atoms with Gasteiger partial charge in [-0.1, -0.05) is 28.3 Å². The van der Waals surface area contributed by atoms with Crippen molar-refractivity contribution in [3.05, 3.63) is 65.3 Å². The summed E-state index contributed by atoms with van der Waals surface area (Å²) in [7, 11) is 1.09. The van der Waals surface area contributed by atoms with Crippen molar-refractivity contribution in [2.45, 2.75) is 48.7 Å². The number of fused-ring (bicyclic) bond motifs is 1. The van der Waals surface area contributed by atoms with E-state index in [4.69, 9.17) is 0 Å². The van der Waals surface area contributed by atoms with E-state index in [1.807, 2.05) is 23.9 Å². The molecule has 4 unspecified atom stereocenters. The number of halogens is 3. The molecule has 170 valence electrons. The molecule has 4 rings (SSSR count). The van der Waals surface area contributed by atoms with Gasteiger partial charge in [-0.15, -0.1) is 0 Å². The molecule has 4 atom stereocenters. The van der Waals surface area contributed by atoms with Gasteiger partial charge in [0.25, 0.3) is 0 Å². The number of aryl methyl sites for hydroxylation is 2. The number of hydrogen-bond acceptors (Lipinski definition) is 3. The molecule has 2 N–H and O–H groups in total. The lowest BCUT2D eigenvalue weighted by atomic mass is 9.86. The molecule has 2 aromatic rings. The fraction of sp³-hybridized carbons (Fsp3) is 0.500. The van der Waals surface area contributed by atoms with Gasteiger partial charge in [0.15, 0.2) is 0 Å². The topological polar surface area (TPSA) is 59.0 Å². The Morgan fingerprint density at radius 2 is 2.03 bits per heavy atom. The highest BCUT2D eigenvalue weighted by Gasteiger charge is 2.37. The third kappa shape index (κ3) is 4.49. The van der Waals surface area contributed by atoms with Crippen molar-refractivity contribution in [2.24, 2.45) is 7.05 Å². The minimum absolute atomic E-state index is 0.0209. The number of nitrogens with zero attached hydrogens (tertiary/aromatic N) is 2. The Bertz CT molecular complexity index is 1030. The van der Waals surface area contributed by atoms with Crippen molar-refractivity contribution in [2.75, 3.05) is 13.3 Å². The van der Waals surface area contributed by atoms with E-state index in [1.165, 1.54) is 12.1 Å². The van der Waals surface area contributed by atoms with E-state index in [9.17, 15) is 17.4 Å². The first-order valence-corrected chi connectivity index (χ1v) is 12.7. The monoisotopic (exact) mass is 454 g/mol. The van der Waals surface area contributed by atoms with Crippen molar-refractivity contribution in [1.29, 1.82) is 0 Å². The van der Waals surface area contributed by atoms with Gasteiger partial charge in [-0.05, 0) is 49.6 Å². The second kappa shape index (κ2) is 8.18. The van der Waals surface area contributed by atoms with E-state index in [0.29, 0.717) is 12.8 Å². The third-order valence-electron chi connectivity index (χ3n) is 6.59. The summed E-state index contributed by atoms with van der Waals surface area (Å²) in [5.41, 5.74) is 2.02. The molecule has 0 spiro atoms. The molecule has 1 heterocycles. The molecule has 0 amide bonds. The number of aromatic nitrogens is 2. The lowest BCUT2D eigenvalue weighted by Crippen LogP contribution is -2.45. The van der Waals surface area contributed by atoms with E-state index < -0.39 is 21.9 Å². The SMILES string of the molecule is CN[SH](C)(=O)C1C=CC(NC2CCc3cc(C(F)(F)F)ccc32)C(c2cn(C)cn2)C1. The van der Waals surface area contributed by atoms with Crippen LogP contribution in [0.15, 0.2) is 42.9 Å². The summed E-state index contributed by atoms with van der Waals surface area (Å²) in [6.07, 6.45) is 7.30. The van der Waals surface area contributed by atoms with E-state index in [2.05, 4.69) is 21.1 Å². The Labute approximate surface area is 181 Å². The van der Waals surface area contributed by atoms with Crippen molar-refractivity contribution in [1.82, 2.24) is 19.6 Å². The number of alkyl halides is 3. The van der Waals surface area contributed by atoms with Gasteiger partial charge in [0.05, 0.1) is 17.6 Å². The van der Waals surface area contributed by atoms with Gasteiger partial charge in [0.2, 0.25) is 0 Å². The van der Waals surface area contributed by atoms with Crippen molar-refractivity contribution in [3.8, 4) is 0 Å². The van der Waals surface area contributed by atoms with E-state index >= 15 is 0 Å². The normalized spacial score (nSPS) is 26.8. The van der Waals surface area contributed by atoms with Gasteiger partial charge >= 0.3 is 6.18 Å². The maximum Gasteiger partial charge on any atom is 0.416 e. The van der Waals surface area contributed by atoms with Crippen LogP contribution in [0.25, 0.3) is 0 Å². The van der Waals surface area contributed by atoms with Gasteiger partial charge in [-0.25, -0.2) is 4.98 Å². The summed E-state index contributed by atoms with van der Waals surface area (Å²) >= 11 is 0. The number of benzene rings is 1. The second-order valence-corrected chi connectivity index (χ2v) is 11.8. The average Bonchev–Trinajstić information content (AvgIpc) is 3.33. The molecular formula is C22H29F3N4OS. The third-order valence-corrected chi connectivity index (χ3v) is 9.13. The van der Waals surface area contributed by atoms with Crippen molar-refractivity contribution in [3.63, 3.8) is 0 Å². The first kappa shape index (κ1) is 22.2. The number of imidazole rings is 1. The van der Waals surface area contributed by atoms with Gasteiger partial charge < -0.3 is 9.88 Å². The van der Waals surface area contributed by atoms with E-state index in [-0.39, 0.29) is 23.3 Å². The van der Waals surface area contributed by atoms with Crippen LogP contribution in [-0.4, -0.2) is 38.4 Å². The van der Waals surface area contributed by atoms with Crippen LogP contribution in [0.4, 0.5) is 13.2 Å². The van der Waals surface area contributed by atoms with Gasteiger partial charge in [0.1, 0.15) is 0 Å². The molecule has 0 radical (unpaired) electrons. The van der Waals surface area contributed by atoms with Gasteiger partial charge in [-0.2, -0.15) is 13.2 Å². The van der Waals surface area contributed by atoms with Crippen LogP contribution < -0.4 is 10.0 Å². The Morgan fingerprint density at radius 1 is 1.26 bits per heavy atom. The number of hydrogen-bond donors (Lipinski definition) is 3. The number of rotatable bonds is 5. The summed E-state index contributed by atoms with van der Waals surface area (Å²) in [4.78, 5) is 4.54. The zero-order valence-corrected chi connectivity index (χ0v) is 18.8. The Kier molecular flexibility index (Phi) is 5.87. The standard InChI is InChI=1S/C22H29F3N4OS/c1-26-31(3,30)16-6-9-20(18(11-16)21-12-29(2)13-27-21)28-19-8-4-14-10-15(22(23,24)25)5-7-17(14)19/h5-7,9-10,12-13,16,18-20,28,31H,4,8,11H2,1-3H3,(H,26,30). The smallest absolute Gasteiger partial charge is 0.340 e. The summed E-state index contributed by atoms with van der Waals surface area (Å²) in [6.45, 7) is 0. The quantitative estimate of drug-likeness (QED) is 0.480. The number of nitrogens with one attached hydrogen (secondary N) is 2. The van der Waals surface area contributed by atoms with Crippen LogP contribution in [0.1, 0.15) is 47.2 Å². The molecular weight excluding hydrogens is 425 g/mol. The molecule has 2 aliphatic carbocycles. The highest BCUT2D eigenvalue weighted by atomic mass is 32.3. The molecule has 2 aliphatic rings. The fourth-order valence-corrected chi connectivity index (χ4v) is 6.09. The first-order valence-electron chi connectivity index (χ1n) is 10.5. The molecule has 0 saturated carbocycles. The molecule has 0 saturated heterocycles.